The van der Waals surface area contributed by atoms with Crippen molar-refractivity contribution in [3.8, 4) is 0 Å². The Hall–Kier alpha value is -1.89. The van der Waals surface area contributed by atoms with Gasteiger partial charge in [-0.2, -0.15) is 0 Å². The van der Waals surface area contributed by atoms with Gasteiger partial charge in [0.15, 0.2) is 9.84 Å². The first-order valence-electron chi connectivity index (χ1n) is 6.19. The molecule has 1 fully saturated rings. The zero-order valence-electron chi connectivity index (χ0n) is 10.9. The molecule has 1 amide bonds. The van der Waals surface area contributed by atoms with Gasteiger partial charge in [-0.1, -0.05) is 6.92 Å². The molecule has 2 N–H and O–H groups in total. The molecule has 0 aromatic heterocycles. The maximum atomic E-state index is 11.9. The van der Waals surface area contributed by atoms with Gasteiger partial charge in [-0.25, -0.2) is 13.2 Å². The summed E-state index contributed by atoms with van der Waals surface area (Å²) in [7, 11) is -3.30. The molecular weight excluding hydrogens is 282 g/mol. The van der Waals surface area contributed by atoms with Gasteiger partial charge in [0.05, 0.1) is 10.6 Å². The van der Waals surface area contributed by atoms with Gasteiger partial charge in [0.1, 0.15) is 5.54 Å². The minimum absolute atomic E-state index is 0.0132. The predicted octanol–water partition coefficient (Wildman–Crippen LogP) is 0.827. The average molecular weight is 297 g/mol. The smallest absolute Gasteiger partial charge is 0.329 e. The number of nitrogens with one attached hydrogen (secondary N) is 1. The Bertz CT molecular complexity index is 644. The SMILES string of the molecule is CCS(=O)(=O)c1ccc(C(=O)NC2(C(=O)O)CC2)cc1. The van der Waals surface area contributed by atoms with Gasteiger partial charge in [-0.15, -0.1) is 0 Å². The second-order valence-corrected chi connectivity index (χ2v) is 7.05. The van der Waals surface area contributed by atoms with Crippen molar-refractivity contribution in [1.82, 2.24) is 5.32 Å². The second-order valence-electron chi connectivity index (χ2n) is 4.77. The Kier molecular flexibility index (Phi) is 3.56. The van der Waals surface area contributed by atoms with Crippen LogP contribution in [-0.4, -0.2) is 36.7 Å². The fraction of sp³-hybridized carbons (Fsp3) is 0.385. The Balaban J connectivity index is 2.15. The van der Waals surface area contributed by atoms with E-state index in [-0.39, 0.29) is 16.2 Å². The van der Waals surface area contributed by atoms with Crippen molar-refractivity contribution < 1.29 is 23.1 Å². The Morgan fingerprint density at radius 3 is 2.20 bits per heavy atom. The van der Waals surface area contributed by atoms with E-state index in [1.54, 1.807) is 6.92 Å². The van der Waals surface area contributed by atoms with Gasteiger partial charge in [-0.3, -0.25) is 4.79 Å². The topological polar surface area (TPSA) is 101 Å². The summed E-state index contributed by atoms with van der Waals surface area (Å²) in [4.78, 5) is 23.0. The first kappa shape index (κ1) is 14.5. The van der Waals surface area contributed by atoms with Crippen LogP contribution in [0.1, 0.15) is 30.1 Å². The number of amides is 1. The number of carboxylic acid groups (broad SMARTS) is 1. The number of benzene rings is 1. The highest BCUT2D eigenvalue weighted by Crippen LogP contribution is 2.35. The average Bonchev–Trinajstić information content (AvgIpc) is 3.20. The number of carboxylic acids is 1. The summed E-state index contributed by atoms with van der Waals surface area (Å²) in [5, 5.41) is 11.5. The first-order chi connectivity index (χ1) is 9.31. The normalized spacial score (nSPS) is 16.4. The molecule has 0 aliphatic heterocycles. The molecule has 1 aliphatic carbocycles. The van der Waals surface area contributed by atoms with Crippen LogP contribution in [0, 0.1) is 0 Å². The van der Waals surface area contributed by atoms with Gasteiger partial charge in [0, 0.05) is 5.56 Å². The molecule has 6 nitrogen and oxygen atoms in total. The molecule has 7 heteroatoms. The van der Waals surface area contributed by atoms with Gasteiger partial charge in [-0.05, 0) is 37.1 Å². The van der Waals surface area contributed by atoms with Crippen LogP contribution in [0.15, 0.2) is 29.2 Å². The molecule has 108 valence electrons. The zero-order valence-corrected chi connectivity index (χ0v) is 11.7. The Morgan fingerprint density at radius 1 is 1.25 bits per heavy atom. The highest BCUT2D eigenvalue weighted by Gasteiger charge is 2.51. The van der Waals surface area contributed by atoms with Gasteiger partial charge >= 0.3 is 5.97 Å². The van der Waals surface area contributed by atoms with Crippen LogP contribution in [0.5, 0.6) is 0 Å². The standard InChI is InChI=1S/C13H15NO5S/c1-2-20(18,19)10-5-3-9(4-6-10)11(15)14-13(7-8-13)12(16)17/h3-6H,2,7-8H2,1H3,(H,14,15)(H,16,17). The van der Waals surface area contributed by atoms with Crippen LogP contribution in [0.3, 0.4) is 0 Å². The Labute approximate surface area is 116 Å². The van der Waals surface area contributed by atoms with Crippen molar-refractivity contribution in [2.45, 2.75) is 30.2 Å². The molecule has 0 atom stereocenters. The number of carbonyl (C=O) groups excluding carboxylic acids is 1. The molecule has 1 saturated carbocycles. The third-order valence-corrected chi connectivity index (χ3v) is 5.12. The van der Waals surface area contributed by atoms with E-state index in [0.717, 1.165) is 0 Å². The lowest BCUT2D eigenvalue weighted by Gasteiger charge is -2.12. The molecule has 2 rings (SSSR count). The highest BCUT2D eigenvalue weighted by molar-refractivity contribution is 7.91. The largest absolute Gasteiger partial charge is 0.480 e. The molecule has 0 heterocycles. The summed E-state index contributed by atoms with van der Waals surface area (Å²) < 4.78 is 23.3. The van der Waals surface area contributed by atoms with Gasteiger partial charge < -0.3 is 10.4 Å². The summed E-state index contributed by atoms with van der Waals surface area (Å²) in [6.07, 6.45) is 0.826. The lowest BCUT2D eigenvalue weighted by Crippen LogP contribution is -2.43. The fourth-order valence-electron chi connectivity index (χ4n) is 1.79. The summed E-state index contributed by atoms with van der Waals surface area (Å²) >= 11 is 0. The molecule has 1 aromatic carbocycles. The first-order valence-corrected chi connectivity index (χ1v) is 7.85. The molecule has 1 aromatic rings. The third kappa shape index (κ3) is 2.67. The minimum Gasteiger partial charge on any atom is -0.480 e. The summed E-state index contributed by atoms with van der Waals surface area (Å²) in [6.45, 7) is 1.54. The van der Waals surface area contributed by atoms with Gasteiger partial charge in [0.25, 0.3) is 5.91 Å². The molecule has 0 spiro atoms. The Morgan fingerprint density at radius 2 is 1.80 bits per heavy atom. The van der Waals surface area contributed by atoms with E-state index in [4.69, 9.17) is 5.11 Å². The number of sulfone groups is 1. The molecular formula is C13H15NO5S. The molecule has 0 saturated heterocycles. The van der Waals surface area contributed by atoms with E-state index >= 15 is 0 Å². The number of hydrogen-bond acceptors (Lipinski definition) is 4. The molecule has 1 aliphatic rings. The lowest BCUT2D eigenvalue weighted by atomic mass is 10.2. The van der Waals surface area contributed by atoms with Crippen molar-refractivity contribution >= 4 is 21.7 Å². The van der Waals surface area contributed by atoms with Crippen molar-refractivity contribution in [1.29, 1.82) is 0 Å². The van der Waals surface area contributed by atoms with E-state index in [0.29, 0.717) is 12.8 Å². The number of aliphatic carboxylic acids is 1. The van der Waals surface area contributed by atoms with Crippen molar-refractivity contribution in [3.05, 3.63) is 29.8 Å². The monoisotopic (exact) mass is 297 g/mol. The van der Waals surface area contributed by atoms with Crippen LogP contribution in [-0.2, 0) is 14.6 Å². The fourth-order valence-corrected chi connectivity index (χ4v) is 2.67. The maximum Gasteiger partial charge on any atom is 0.329 e. The van der Waals surface area contributed by atoms with E-state index in [1.165, 1.54) is 24.3 Å². The molecule has 0 bridgehead atoms. The minimum atomic E-state index is -3.30. The molecule has 0 unspecified atom stereocenters. The number of rotatable bonds is 5. The summed E-state index contributed by atoms with van der Waals surface area (Å²) in [5.74, 6) is -1.57. The van der Waals surface area contributed by atoms with Crippen LogP contribution < -0.4 is 5.32 Å². The summed E-state index contributed by atoms with van der Waals surface area (Å²) in [6, 6.07) is 5.48. The third-order valence-electron chi connectivity index (χ3n) is 3.37. The summed E-state index contributed by atoms with van der Waals surface area (Å²) in [5.41, 5.74) is -0.904. The highest BCUT2D eigenvalue weighted by atomic mass is 32.2. The van der Waals surface area contributed by atoms with E-state index in [9.17, 15) is 18.0 Å². The van der Waals surface area contributed by atoms with Gasteiger partial charge in [0.2, 0.25) is 0 Å². The van der Waals surface area contributed by atoms with Crippen molar-refractivity contribution in [2.75, 3.05) is 5.75 Å². The van der Waals surface area contributed by atoms with E-state index < -0.39 is 27.3 Å². The molecule has 0 radical (unpaired) electrons. The predicted molar refractivity (Wildman–Crippen MR) is 71.2 cm³/mol. The lowest BCUT2D eigenvalue weighted by molar-refractivity contribution is -0.140. The van der Waals surface area contributed by atoms with Crippen LogP contribution in [0.4, 0.5) is 0 Å². The van der Waals surface area contributed by atoms with E-state index in [1.807, 2.05) is 0 Å². The second kappa shape index (κ2) is 4.90. The quantitative estimate of drug-likeness (QED) is 0.838. The molecule has 20 heavy (non-hydrogen) atoms. The van der Waals surface area contributed by atoms with Crippen molar-refractivity contribution in [3.63, 3.8) is 0 Å². The van der Waals surface area contributed by atoms with Crippen molar-refractivity contribution in [2.24, 2.45) is 0 Å². The van der Waals surface area contributed by atoms with Crippen LogP contribution >= 0.6 is 0 Å². The number of carbonyl (C=O) groups is 2. The van der Waals surface area contributed by atoms with E-state index in [2.05, 4.69) is 5.32 Å². The van der Waals surface area contributed by atoms with Crippen LogP contribution in [0.2, 0.25) is 0 Å². The number of hydrogen-bond donors (Lipinski definition) is 2. The maximum absolute atomic E-state index is 11.9. The zero-order chi connectivity index (χ0) is 15.0. The van der Waals surface area contributed by atoms with Crippen LogP contribution in [0.25, 0.3) is 0 Å².